The third-order valence-corrected chi connectivity index (χ3v) is 4.87. The van der Waals surface area contributed by atoms with Crippen LogP contribution in [0.25, 0.3) is 0 Å². The van der Waals surface area contributed by atoms with E-state index in [1.165, 1.54) is 11.3 Å². The monoisotopic (exact) mass is 366 g/mol. The van der Waals surface area contributed by atoms with Crippen molar-refractivity contribution in [3.05, 3.63) is 44.7 Å². The number of thiophene rings is 1. The highest BCUT2D eigenvalue weighted by atomic mass is 79.9. The maximum absolute atomic E-state index is 12.4. The Bertz CT molecular complexity index is 641. The van der Waals surface area contributed by atoms with Gasteiger partial charge in [-0.1, -0.05) is 0 Å². The van der Waals surface area contributed by atoms with Gasteiger partial charge in [0, 0.05) is 29.7 Å². The first-order valence-electron chi connectivity index (χ1n) is 6.74. The Morgan fingerprint density at radius 1 is 1.52 bits per heavy atom. The van der Waals surface area contributed by atoms with Crippen LogP contribution in [0.1, 0.15) is 21.7 Å². The van der Waals surface area contributed by atoms with Crippen LogP contribution in [-0.4, -0.2) is 35.0 Å². The summed E-state index contributed by atoms with van der Waals surface area (Å²) >= 11 is 4.85. The first kappa shape index (κ1) is 14.5. The molecule has 3 heterocycles. The number of carbonyl (C=O) groups is 1. The molecule has 2 aromatic heterocycles. The standard InChI is InChI=1S/C15H15BrN2O2S/c1-10-6-13(21-9-10)15(19)18-5-4-12(8-18)20-14-3-2-11(16)7-17-14/h2-3,6-7,9,12H,4-5,8H2,1H3. The molecule has 1 fully saturated rings. The van der Waals surface area contributed by atoms with Crippen LogP contribution in [0.5, 0.6) is 5.88 Å². The van der Waals surface area contributed by atoms with Crippen LogP contribution >= 0.6 is 27.3 Å². The molecule has 110 valence electrons. The normalized spacial score (nSPS) is 18.0. The number of hydrogen-bond donors (Lipinski definition) is 0. The number of pyridine rings is 1. The van der Waals surface area contributed by atoms with Crippen LogP contribution in [0, 0.1) is 6.92 Å². The number of rotatable bonds is 3. The van der Waals surface area contributed by atoms with Crippen molar-refractivity contribution in [1.82, 2.24) is 9.88 Å². The zero-order valence-corrected chi connectivity index (χ0v) is 14.0. The molecule has 0 saturated carbocycles. The Balaban J connectivity index is 1.60. The molecule has 0 radical (unpaired) electrons. The fourth-order valence-corrected chi connectivity index (χ4v) is 3.41. The number of nitrogens with zero attached hydrogens (tertiary/aromatic N) is 2. The van der Waals surface area contributed by atoms with E-state index in [0.717, 1.165) is 27.9 Å². The van der Waals surface area contributed by atoms with Crippen molar-refractivity contribution in [2.75, 3.05) is 13.1 Å². The van der Waals surface area contributed by atoms with Crippen molar-refractivity contribution in [1.29, 1.82) is 0 Å². The number of halogens is 1. The summed E-state index contributed by atoms with van der Waals surface area (Å²) in [5.74, 6) is 0.701. The fraction of sp³-hybridized carbons (Fsp3) is 0.333. The van der Waals surface area contributed by atoms with Crippen LogP contribution in [0.2, 0.25) is 0 Å². The Labute approximate surface area is 135 Å². The fourth-order valence-electron chi connectivity index (χ4n) is 2.31. The zero-order valence-electron chi connectivity index (χ0n) is 11.6. The summed E-state index contributed by atoms with van der Waals surface area (Å²) in [6.45, 7) is 3.35. The minimum absolute atomic E-state index is 0.0173. The number of aromatic nitrogens is 1. The molecule has 2 aromatic rings. The first-order valence-corrected chi connectivity index (χ1v) is 8.42. The Morgan fingerprint density at radius 3 is 3.05 bits per heavy atom. The zero-order chi connectivity index (χ0) is 14.8. The molecule has 21 heavy (non-hydrogen) atoms. The number of hydrogen-bond acceptors (Lipinski definition) is 4. The van der Waals surface area contributed by atoms with Crippen LogP contribution in [0.3, 0.4) is 0 Å². The molecule has 6 heteroatoms. The third-order valence-electron chi connectivity index (χ3n) is 3.36. The van der Waals surface area contributed by atoms with E-state index in [2.05, 4.69) is 20.9 Å². The van der Waals surface area contributed by atoms with Gasteiger partial charge in [0.25, 0.3) is 5.91 Å². The van der Waals surface area contributed by atoms with Gasteiger partial charge in [-0.15, -0.1) is 11.3 Å². The molecule has 1 aliphatic heterocycles. The van der Waals surface area contributed by atoms with Crippen molar-refractivity contribution in [2.24, 2.45) is 0 Å². The summed E-state index contributed by atoms with van der Waals surface area (Å²) in [6, 6.07) is 5.67. The second kappa shape index (κ2) is 6.15. The van der Waals surface area contributed by atoms with Crippen LogP contribution in [-0.2, 0) is 0 Å². The van der Waals surface area contributed by atoms with Crippen molar-refractivity contribution in [2.45, 2.75) is 19.4 Å². The lowest BCUT2D eigenvalue weighted by Gasteiger charge is -2.16. The Hall–Kier alpha value is -1.40. The van der Waals surface area contributed by atoms with Gasteiger partial charge in [-0.3, -0.25) is 4.79 Å². The van der Waals surface area contributed by atoms with Gasteiger partial charge in [0.15, 0.2) is 0 Å². The summed E-state index contributed by atoms with van der Waals surface area (Å²) in [7, 11) is 0. The lowest BCUT2D eigenvalue weighted by atomic mass is 10.3. The van der Waals surface area contributed by atoms with Crippen molar-refractivity contribution >= 4 is 33.2 Å². The predicted octanol–water partition coefficient (Wildman–Crippen LogP) is 3.51. The predicted molar refractivity (Wildman–Crippen MR) is 85.9 cm³/mol. The van der Waals surface area contributed by atoms with E-state index in [1.54, 1.807) is 6.20 Å². The smallest absolute Gasteiger partial charge is 0.264 e. The molecular formula is C15H15BrN2O2S. The van der Waals surface area contributed by atoms with Gasteiger partial charge in [0.2, 0.25) is 5.88 Å². The van der Waals surface area contributed by atoms with Gasteiger partial charge in [-0.25, -0.2) is 4.98 Å². The number of amides is 1. The molecule has 1 atom stereocenters. The van der Waals surface area contributed by atoms with E-state index in [4.69, 9.17) is 4.74 Å². The van der Waals surface area contributed by atoms with Gasteiger partial charge in [0.1, 0.15) is 6.10 Å². The van der Waals surface area contributed by atoms with Gasteiger partial charge >= 0.3 is 0 Å². The molecule has 0 N–H and O–H groups in total. The van der Waals surface area contributed by atoms with Crippen LogP contribution in [0.4, 0.5) is 0 Å². The highest BCUT2D eigenvalue weighted by molar-refractivity contribution is 9.10. The second-order valence-electron chi connectivity index (χ2n) is 5.08. The lowest BCUT2D eigenvalue weighted by Crippen LogP contribution is -2.30. The molecule has 0 spiro atoms. The van der Waals surface area contributed by atoms with E-state index in [-0.39, 0.29) is 12.0 Å². The van der Waals surface area contributed by atoms with Crippen molar-refractivity contribution < 1.29 is 9.53 Å². The van der Waals surface area contributed by atoms with Gasteiger partial charge in [-0.2, -0.15) is 0 Å². The molecule has 1 amide bonds. The molecule has 3 rings (SSSR count). The second-order valence-corrected chi connectivity index (χ2v) is 6.91. The molecule has 1 saturated heterocycles. The van der Waals surface area contributed by atoms with E-state index >= 15 is 0 Å². The molecular weight excluding hydrogens is 352 g/mol. The molecule has 0 bridgehead atoms. The Kier molecular flexibility index (Phi) is 4.26. The topological polar surface area (TPSA) is 42.4 Å². The Morgan fingerprint density at radius 2 is 2.38 bits per heavy atom. The summed E-state index contributed by atoms with van der Waals surface area (Å²) in [5, 5.41) is 2.00. The van der Waals surface area contributed by atoms with E-state index in [9.17, 15) is 4.79 Å². The summed E-state index contributed by atoms with van der Waals surface area (Å²) in [4.78, 5) is 19.2. The lowest BCUT2D eigenvalue weighted by molar-refractivity contribution is 0.0776. The van der Waals surface area contributed by atoms with Crippen LogP contribution < -0.4 is 4.74 Å². The van der Waals surface area contributed by atoms with Gasteiger partial charge < -0.3 is 9.64 Å². The highest BCUT2D eigenvalue weighted by Gasteiger charge is 2.29. The number of ether oxygens (including phenoxy) is 1. The number of likely N-dealkylation sites (tertiary alicyclic amines) is 1. The van der Waals surface area contributed by atoms with Crippen molar-refractivity contribution in [3.63, 3.8) is 0 Å². The van der Waals surface area contributed by atoms with E-state index < -0.39 is 0 Å². The minimum Gasteiger partial charge on any atom is -0.472 e. The SMILES string of the molecule is Cc1csc(C(=O)N2CCC(Oc3ccc(Br)cn3)C2)c1. The highest BCUT2D eigenvalue weighted by Crippen LogP contribution is 2.22. The molecule has 0 aliphatic carbocycles. The first-order chi connectivity index (χ1) is 10.1. The quantitative estimate of drug-likeness (QED) is 0.834. The summed E-state index contributed by atoms with van der Waals surface area (Å²) in [5.41, 5.74) is 1.13. The molecule has 4 nitrogen and oxygen atoms in total. The average molecular weight is 367 g/mol. The minimum atomic E-state index is 0.0173. The maximum atomic E-state index is 12.4. The van der Waals surface area contributed by atoms with Gasteiger partial charge in [0.05, 0.1) is 11.4 Å². The van der Waals surface area contributed by atoms with Crippen molar-refractivity contribution in [3.8, 4) is 5.88 Å². The third kappa shape index (κ3) is 3.44. The largest absolute Gasteiger partial charge is 0.472 e. The van der Waals surface area contributed by atoms with E-state index in [0.29, 0.717) is 12.4 Å². The van der Waals surface area contributed by atoms with E-state index in [1.807, 2.05) is 35.4 Å². The average Bonchev–Trinajstić information content (AvgIpc) is 3.10. The maximum Gasteiger partial charge on any atom is 0.264 e. The molecule has 1 unspecified atom stereocenters. The molecule has 0 aromatic carbocycles. The van der Waals surface area contributed by atoms with Crippen LogP contribution in [0.15, 0.2) is 34.2 Å². The summed E-state index contributed by atoms with van der Waals surface area (Å²) < 4.78 is 6.75. The number of carbonyl (C=O) groups excluding carboxylic acids is 1. The van der Waals surface area contributed by atoms with Gasteiger partial charge in [-0.05, 0) is 45.9 Å². The summed E-state index contributed by atoms with van der Waals surface area (Å²) in [6.07, 6.45) is 2.57. The number of aryl methyl sites for hydroxylation is 1. The molecule has 1 aliphatic rings.